The van der Waals surface area contributed by atoms with Crippen molar-refractivity contribution >= 4 is 5.91 Å². The highest BCUT2D eigenvalue weighted by atomic mass is 16.8. The number of rotatable bonds is 11. The first kappa shape index (κ1) is 39.5. The summed E-state index contributed by atoms with van der Waals surface area (Å²) in [6.07, 6.45) is -33.5. The summed E-state index contributed by atoms with van der Waals surface area (Å²) in [5.74, 6) is -0.693. The van der Waals surface area contributed by atoms with Gasteiger partial charge in [0, 0.05) is 6.92 Å². The van der Waals surface area contributed by atoms with Crippen molar-refractivity contribution in [2.45, 2.75) is 130 Å². The van der Waals surface area contributed by atoms with Crippen LogP contribution < -0.4 is 5.32 Å². The van der Waals surface area contributed by atoms with Crippen LogP contribution in [0.4, 0.5) is 0 Å². The summed E-state index contributed by atoms with van der Waals surface area (Å²) in [5, 5.41) is 136. The van der Waals surface area contributed by atoms with Crippen molar-refractivity contribution in [1.82, 2.24) is 5.32 Å². The van der Waals surface area contributed by atoms with Crippen LogP contribution in [0.3, 0.4) is 0 Å². The van der Waals surface area contributed by atoms with E-state index in [1.165, 1.54) is 0 Å². The van der Waals surface area contributed by atoms with E-state index < -0.39 is 155 Å². The van der Waals surface area contributed by atoms with Crippen molar-refractivity contribution in [2.24, 2.45) is 0 Å². The molecule has 14 N–H and O–H groups in total. The van der Waals surface area contributed by atoms with Crippen molar-refractivity contribution in [3.63, 3.8) is 0 Å². The molecule has 22 nitrogen and oxygen atoms in total. The average Bonchev–Trinajstić information content (AvgIpc) is 3.06. The number of hydrogen-bond donors (Lipinski definition) is 14. The molecule has 1 amide bonds. The summed E-state index contributed by atoms with van der Waals surface area (Å²) in [7, 11) is 0. The molecular formula is C26H45NO21. The summed E-state index contributed by atoms with van der Waals surface area (Å²) in [6.45, 7) is -2.35. The van der Waals surface area contributed by atoms with E-state index in [1.54, 1.807) is 0 Å². The van der Waals surface area contributed by atoms with Gasteiger partial charge in [0.15, 0.2) is 25.2 Å². The minimum Gasteiger partial charge on any atom is -0.394 e. The Kier molecular flexibility index (Phi) is 13.8. The molecule has 4 heterocycles. The number of carbonyl (C=O) groups is 1. The smallest absolute Gasteiger partial charge is 0.217 e. The van der Waals surface area contributed by atoms with Crippen molar-refractivity contribution < 1.29 is 104 Å². The average molecular weight is 708 g/mol. The van der Waals surface area contributed by atoms with Crippen molar-refractivity contribution in [1.29, 1.82) is 0 Å². The molecule has 280 valence electrons. The summed E-state index contributed by atoms with van der Waals surface area (Å²) in [4.78, 5) is 11.8. The Morgan fingerprint density at radius 3 is 1.48 bits per heavy atom. The minimum atomic E-state index is -2.03. The highest BCUT2D eigenvalue weighted by molar-refractivity contribution is 5.73. The van der Waals surface area contributed by atoms with E-state index in [9.17, 15) is 71.2 Å². The normalized spacial score (nSPS) is 50.2. The van der Waals surface area contributed by atoms with Crippen LogP contribution in [0.25, 0.3) is 0 Å². The van der Waals surface area contributed by atoms with Gasteiger partial charge in [0.1, 0.15) is 97.6 Å². The predicted molar refractivity (Wildman–Crippen MR) is 145 cm³/mol. The van der Waals surface area contributed by atoms with Gasteiger partial charge in [0.25, 0.3) is 0 Å². The van der Waals surface area contributed by atoms with Crippen LogP contribution in [-0.2, 0) is 38.0 Å². The molecule has 0 saturated carbocycles. The van der Waals surface area contributed by atoms with Gasteiger partial charge in [0.05, 0.1) is 26.4 Å². The largest absolute Gasteiger partial charge is 0.394 e. The van der Waals surface area contributed by atoms with Crippen LogP contribution in [-0.4, -0.2) is 221 Å². The van der Waals surface area contributed by atoms with Crippen molar-refractivity contribution in [2.75, 3.05) is 26.4 Å². The van der Waals surface area contributed by atoms with Gasteiger partial charge in [-0.15, -0.1) is 0 Å². The first-order valence-electron chi connectivity index (χ1n) is 15.1. The molecule has 48 heavy (non-hydrogen) atoms. The first-order valence-corrected chi connectivity index (χ1v) is 15.1. The van der Waals surface area contributed by atoms with Gasteiger partial charge in [-0.25, -0.2) is 0 Å². The van der Waals surface area contributed by atoms with Gasteiger partial charge in [-0.3, -0.25) is 4.79 Å². The maximum atomic E-state index is 11.8. The van der Waals surface area contributed by atoms with Crippen LogP contribution in [0.1, 0.15) is 6.92 Å². The Morgan fingerprint density at radius 2 is 0.938 bits per heavy atom. The Bertz CT molecular complexity index is 1030. The molecule has 12 unspecified atom stereocenters. The lowest BCUT2D eigenvalue weighted by Gasteiger charge is -2.49. The maximum absolute atomic E-state index is 11.8. The van der Waals surface area contributed by atoms with Crippen LogP contribution in [0.2, 0.25) is 0 Å². The van der Waals surface area contributed by atoms with Gasteiger partial charge in [0.2, 0.25) is 5.91 Å². The second-order valence-corrected chi connectivity index (χ2v) is 11.9. The number of nitrogens with one attached hydrogen (secondary N) is 1. The third-order valence-electron chi connectivity index (χ3n) is 8.61. The quantitative estimate of drug-likeness (QED) is 0.0947. The molecule has 0 aromatic rings. The number of aliphatic hydroxyl groups is 13. The molecule has 0 aliphatic carbocycles. The van der Waals surface area contributed by atoms with E-state index in [2.05, 4.69) is 5.32 Å². The van der Waals surface area contributed by atoms with Gasteiger partial charge >= 0.3 is 0 Å². The first-order chi connectivity index (χ1) is 22.7. The topological polar surface area (TPSA) is 357 Å². The third kappa shape index (κ3) is 8.08. The zero-order chi connectivity index (χ0) is 35.6. The fourth-order valence-corrected chi connectivity index (χ4v) is 5.95. The molecule has 0 bridgehead atoms. The van der Waals surface area contributed by atoms with Gasteiger partial charge in [-0.05, 0) is 0 Å². The van der Waals surface area contributed by atoms with E-state index in [4.69, 9.17) is 33.2 Å². The monoisotopic (exact) mass is 707 g/mol. The molecular weight excluding hydrogens is 662 g/mol. The molecule has 0 radical (unpaired) electrons. The second-order valence-electron chi connectivity index (χ2n) is 11.9. The second kappa shape index (κ2) is 16.8. The van der Waals surface area contributed by atoms with E-state index in [-0.39, 0.29) is 0 Å². The van der Waals surface area contributed by atoms with E-state index in [1.807, 2.05) is 0 Å². The Labute approximate surface area is 272 Å². The number of ether oxygens (including phenoxy) is 7. The molecule has 4 saturated heterocycles. The standard InChI is InChI=1S/C26H45NO21/c1-6(32)27-11-14(35)12(33)7(2-28)43-24(11)48-22-13(34)8(3-29)44-26(19(22)40)47-21-10(5-31)45-25(18(39)16(21)37)46-20-9(4-30)42-23(41)17(38)15(20)36/h7-26,28-31,33-41H,2-5H2,1H3,(H,27,32)/t7?,8?,9?,10?,11?,12-,13-,14?,15?,16?,17?,18?,19?,20+,21-,22?,23+,24-,25-,26+/m0/s1. The van der Waals surface area contributed by atoms with Crippen molar-refractivity contribution in [3.05, 3.63) is 0 Å². The van der Waals surface area contributed by atoms with E-state index in [0.717, 1.165) is 6.92 Å². The molecule has 4 aliphatic rings. The highest BCUT2D eigenvalue weighted by Gasteiger charge is 2.55. The van der Waals surface area contributed by atoms with Crippen molar-refractivity contribution in [3.8, 4) is 0 Å². The third-order valence-corrected chi connectivity index (χ3v) is 8.61. The highest BCUT2D eigenvalue weighted by Crippen LogP contribution is 2.34. The Balaban J connectivity index is 1.51. The predicted octanol–water partition coefficient (Wildman–Crippen LogP) is -9.61. The molecule has 20 atom stereocenters. The maximum Gasteiger partial charge on any atom is 0.217 e. The van der Waals surface area contributed by atoms with Crippen LogP contribution in [0.15, 0.2) is 0 Å². The lowest BCUT2D eigenvalue weighted by Crippen LogP contribution is -2.69. The Morgan fingerprint density at radius 1 is 0.500 bits per heavy atom. The number of amides is 1. The molecule has 4 rings (SSSR count). The zero-order valence-electron chi connectivity index (χ0n) is 25.5. The lowest BCUT2D eigenvalue weighted by molar-refractivity contribution is -0.385. The zero-order valence-corrected chi connectivity index (χ0v) is 25.5. The molecule has 22 heteroatoms. The van der Waals surface area contributed by atoms with Gasteiger partial charge in [-0.1, -0.05) is 0 Å². The minimum absolute atomic E-state index is 0.693. The molecule has 0 aromatic heterocycles. The molecule has 0 spiro atoms. The number of hydrogen-bond acceptors (Lipinski definition) is 21. The fraction of sp³-hybridized carbons (Fsp3) is 0.962. The molecule has 0 aromatic carbocycles. The van der Waals surface area contributed by atoms with E-state index >= 15 is 0 Å². The summed E-state index contributed by atoms with van der Waals surface area (Å²) in [6, 6.07) is -1.49. The fourth-order valence-electron chi connectivity index (χ4n) is 5.95. The van der Waals surface area contributed by atoms with Crippen LogP contribution in [0, 0.1) is 0 Å². The lowest BCUT2D eigenvalue weighted by atomic mass is 9.95. The number of carbonyl (C=O) groups excluding carboxylic acids is 1. The van der Waals surface area contributed by atoms with E-state index in [0.29, 0.717) is 0 Å². The Hall–Kier alpha value is -1.33. The molecule has 4 aliphatic heterocycles. The van der Waals surface area contributed by atoms with Crippen LogP contribution >= 0.6 is 0 Å². The van der Waals surface area contributed by atoms with Crippen LogP contribution in [0.5, 0.6) is 0 Å². The summed E-state index contributed by atoms with van der Waals surface area (Å²) in [5.41, 5.74) is 0. The molecule has 4 fully saturated rings. The summed E-state index contributed by atoms with van der Waals surface area (Å²) >= 11 is 0. The SMILES string of the molecule is CC(=O)NC1C(O)[C@@H](O)C(CO)O[C@H]1OC1C(O)[C@@H](O[C@H]2C(CO)O[C@@H](O[C@@H]3C(CO)O[C@@H](O)C(O)C3O)C(O)C2O)OC(CO)[C@@H]1O. The number of aliphatic hydroxyl groups excluding tert-OH is 13. The van der Waals surface area contributed by atoms with Gasteiger partial charge in [-0.2, -0.15) is 0 Å². The van der Waals surface area contributed by atoms with Gasteiger partial charge < -0.3 is 105 Å². The summed E-state index contributed by atoms with van der Waals surface area (Å²) < 4.78 is 38.4.